The number of non-ortho nitro benzene ring substituents is 1. The number of urea groups is 1. The Kier molecular flexibility index (Phi) is 7.47. The highest BCUT2D eigenvalue weighted by Gasteiger charge is 2.32. The fraction of sp³-hybridized carbons (Fsp3) is 0.273. The molecule has 0 spiro atoms. The van der Waals surface area contributed by atoms with Crippen molar-refractivity contribution in [1.82, 2.24) is 10.2 Å². The van der Waals surface area contributed by atoms with Crippen LogP contribution in [0.15, 0.2) is 46.6 Å². The highest BCUT2D eigenvalue weighted by Crippen LogP contribution is 2.36. The second-order valence-corrected chi connectivity index (χ2v) is 7.77. The van der Waals surface area contributed by atoms with Crippen molar-refractivity contribution >= 4 is 39.6 Å². The lowest BCUT2D eigenvalue weighted by atomic mass is 10.1. The van der Waals surface area contributed by atoms with Gasteiger partial charge in [0.05, 0.1) is 11.5 Å². The van der Waals surface area contributed by atoms with Gasteiger partial charge in [-0.15, -0.1) is 0 Å². The lowest BCUT2D eigenvalue weighted by molar-refractivity contribution is -0.384. The molecule has 1 aliphatic rings. The van der Waals surface area contributed by atoms with E-state index in [0.717, 1.165) is 0 Å². The second-order valence-electron chi connectivity index (χ2n) is 6.91. The lowest BCUT2D eigenvalue weighted by Gasteiger charge is -2.14. The van der Waals surface area contributed by atoms with Crippen molar-refractivity contribution in [2.24, 2.45) is 0 Å². The normalized spacial score (nSPS) is 14.6. The molecule has 0 aromatic heterocycles. The van der Waals surface area contributed by atoms with E-state index in [1.54, 1.807) is 30.3 Å². The number of hydrogen-bond acceptors (Lipinski definition) is 6. The lowest BCUT2D eigenvalue weighted by Crippen LogP contribution is -2.31. The number of nitro benzene ring substituents is 1. The number of nitrogens with one attached hydrogen (secondary N) is 1. The minimum Gasteiger partial charge on any atom is -0.490 e. The molecule has 1 fully saturated rings. The first-order chi connectivity index (χ1) is 15.3. The van der Waals surface area contributed by atoms with Gasteiger partial charge in [0, 0.05) is 23.2 Å². The molecule has 32 heavy (non-hydrogen) atoms. The van der Waals surface area contributed by atoms with Gasteiger partial charge in [-0.05, 0) is 42.7 Å². The number of imide groups is 1. The molecule has 0 bridgehead atoms. The topological polar surface area (TPSA) is 111 Å². The van der Waals surface area contributed by atoms with Gasteiger partial charge in [-0.3, -0.25) is 19.8 Å². The van der Waals surface area contributed by atoms with E-state index in [-0.39, 0.29) is 23.9 Å². The smallest absolute Gasteiger partial charge is 0.329 e. The molecule has 168 valence electrons. The molecular formula is C22H22BrN3O6. The molecule has 0 aliphatic carbocycles. The van der Waals surface area contributed by atoms with Crippen molar-refractivity contribution in [3.63, 3.8) is 0 Å². The number of amides is 3. The van der Waals surface area contributed by atoms with Crippen molar-refractivity contribution in [2.45, 2.75) is 26.9 Å². The zero-order valence-corrected chi connectivity index (χ0v) is 19.2. The van der Waals surface area contributed by atoms with E-state index in [4.69, 9.17) is 9.47 Å². The van der Waals surface area contributed by atoms with Gasteiger partial charge >= 0.3 is 6.03 Å². The van der Waals surface area contributed by atoms with Crippen LogP contribution in [0.3, 0.4) is 0 Å². The van der Waals surface area contributed by atoms with E-state index in [1.807, 2.05) is 13.8 Å². The molecule has 2 aromatic carbocycles. The Morgan fingerprint density at radius 2 is 1.91 bits per heavy atom. The van der Waals surface area contributed by atoms with Crippen LogP contribution in [-0.2, 0) is 11.4 Å². The maximum absolute atomic E-state index is 12.5. The molecule has 9 nitrogen and oxygen atoms in total. The Labute approximate surface area is 193 Å². The van der Waals surface area contributed by atoms with Gasteiger partial charge in [-0.25, -0.2) is 4.79 Å². The Hall–Kier alpha value is -3.40. The summed E-state index contributed by atoms with van der Waals surface area (Å²) in [5.74, 6) is 0.490. The maximum Gasteiger partial charge on any atom is 0.329 e. The van der Waals surface area contributed by atoms with Crippen molar-refractivity contribution < 1.29 is 24.0 Å². The Morgan fingerprint density at radius 3 is 2.59 bits per heavy atom. The minimum atomic E-state index is -0.460. The fourth-order valence-electron chi connectivity index (χ4n) is 3.12. The predicted octanol–water partition coefficient (Wildman–Crippen LogP) is 4.64. The number of ether oxygens (including phenoxy) is 2. The molecule has 0 radical (unpaired) electrons. The van der Waals surface area contributed by atoms with E-state index in [0.29, 0.717) is 46.7 Å². The zero-order chi connectivity index (χ0) is 23.3. The molecule has 10 heteroatoms. The van der Waals surface area contributed by atoms with Gasteiger partial charge in [0.25, 0.3) is 11.6 Å². The standard InChI is InChI=1S/C22H22BrN3O6/c1-3-8-25-21(27)18(24-22(25)28)10-15-11-19(31-4-2)20(12-17(15)23)32-13-14-6-5-7-16(9-14)26(29)30/h5-7,9-12H,3-4,8,13H2,1-2H3,(H,24,28)/b18-10+. The molecule has 3 rings (SSSR count). The van der Waals surface area contributed by atoms with Gasteiger partial charge in [-0.1, -0.05) is 35.0 Å². The average Bonchev–Trinajstić information content (AvgIpc) is 3.03. The largest absolute Gasteiger partial charge is 0.490 e. The monoisotopic (exact) mass is 503 g/mol. The molecule has 0 saturated carbocycles. The fourth-order valence-corrected chi connectivity index (χ4v) is 3.55. The van der Waals surface area contributed by atoms with Crippen molar-refractivity contribution in [2.75, 3.05) is 13.2 Å². The third-order valence-corrected chi connectivity index (χ3v) is 5.27. The molecule has 1 aliphatic heterocycles. The average molecular weight is 504 g/mol. The number of nitrogens with zero attached hydrogens (tertiary/aromatic N) is 2. The summed E-state index contributed by atoms with van der Waals surface area (Å²) in [7, 11) is 0. The van der Waals surface area contributed by atoms with Gasteiger partial charge in [0.1, 0.15) is 12.3 Å². The van der Waals surface area contributed by atoms with Gasteiger partial charge in [0.2, 0.25) is 0 Å². The number of carbonyl (C=O) groups excluding carboxylic acids is 2. The number of hydrogen-bond donors (Lipinski definition) is 1. The molecule has 1 saturated heterocycles. The number of carbonyl (C=O) groups is 2. The van der Waals surface area contributed by atoms with Gasteiger partial charge in [0.15, 0.2) is 11.5 Å². The van der Waals surface area contributed by atoms with Crippen LogP contribution in [0.2, 0.25) is 0 Å². The minimum absolute atomic E-state index is 0.0142. The van der Waals surface area contributed by atoms with Crippen LogP contribution >= 0.6 is 15.9 Å². The number of nitro groups is 1. The third-order valence-electron chi connectivity index (χ3n) is 4.59. The molecular weight excluding hydrogens is 482 g/mol. The highest BCUT2D eigenvalue weighted by molar-refractivity contribution is 9.10. The van der Waals surface area contributed by atoms with Crippen LogP contribution < -0.4 is 14.8 Å². The molecule has 1 heterocycles. The molecule has 0 atom stereocenters. The molecule has 2 aromatic rings. The van der Waals surface area contributed by atoms with Crippen LogP contribution in [0.4, 0.5) is 10.5 Å². The van der Waals surface area contributed by atoms with Crippen LogP contribution in [-0.4, -0.2) is 34.9 Å². The van der Waals surface area contributed by atoms with Crippen molar-refractivity contribution in [1.29, 1.82) is 0 Å². The summed E-state index contributed by atoms with van der Waals surface area (Å²) < 4.78 is 12.2. The first-order valence-corrected chi connectivity index (χ1v) is 10.8. The van der Waals surface area contributed by atoms with E-state index < -0.39 is 11.0 Å². The van der Waals surface area contributed by atoms with Crippen molar-refractivity contribution in [3.05, 3.63) is 67.8 Å². The summed E-state index contributed by atoms with van der Waals surface area (Å²) in [5.41, 5.74) is 1.42. The van der Waals surface area contributed by atoms with Gasteiger partial charge in [-0.2, -0.15) is 0 Å². The Morgan fingerprint density at radius 1 is 1.16 bits per heavy atom. The summed E-state index contributed by atoms with van der Waals surface area (Å²) in [6.45, 7) is 4.55. The summed E-state index contributed by atoms with van der Waals surface area (Å²) in [6.07, 6.45) is 2.24. The summed E-state index contributed by atoms with van der Waals surface area (Å²) in [5, 5.41) is 13.6. The summed E-state index contributed by atoms with van der Waals surface area (Å²) in [4.78, 5) is 36.2. The van der Waals surface area contributed by atoms with E-state index in [9.17, 15) is 19.7 Å². The number of halogens is 1. The maximum atomic E-state index is 12.5. The Balaban J connectivity index is 1.85. The first kappa shape index (κ1) is 23.3. The summed E-state index contributed by atoms with van der Waals surface area (Å²) in [6, 6.07) is 9.15. The van der Waals surface area contributed by atoms with Crippen molar-refractivity contribution in [3.8, 4) is 11.5 Å². The van der Waals surface area contributed by atoms with E-state index >= 15 is 0 Å². The predicted molar refractivity (Wildman–Crippen MR) is 121 cm³/mol. The van der Waals surface area contributed by atoms with Gasteiger partial charge < -0.3 is 14.8 Å². The van der Waals surface area contributed by atoms with E-state index in [1.165, 1.54) is 17.0 Å². The zero-order valence-electron chi connectivity index (χ0n) is 17.6. The number of rotatable bonds is 9. The van der Waals surface area contributed by atoms with E-state index in [2.05, 4.69) is 21.2 Å². The third kappa shape index (κ3) is 5.25. The van der Waals surface area contributed by atoms with Crippen LogP contribution in [0.25, 0.3) is 6.08 Å². The molecule has 0 unspecified atom stereocenters. The van der Waals surface area contributed by atoms with Crippen LogP contribution in [0, 0.1) is 10.1 Å². The van der Waals surface area contributed by atoms with Crippen LogP contribution in [0.1, 0.15) is 31.4 Å². The second kappa shape index (κ2) is 10.3. The number of benzene rings is 2. The quantitative estimate of drug-likeness (QED) is 0.231. The summed E-state index contributed by atoms with van der Waals surface area (Å²) >= 11 is 3.47. The SMILES string of the molecule is CCCN1C(=O)N/C(=C/c2cc(OCC)c(OCc3cccc([N+](=O)[O-])c3)cc2Br)C1=O. The Bertz CT molecular complexity index is 1090. The molecule has 1 N–H and O–H groups in total. The molecule has 3 amide bonds. The highest BCUT2D eigenvalue weighted by atomic mass is 79.9. The van der Waals surface area contributed by atoms with Crippen LogP contribution in [0.5, 0.6) is 11.5 Å². The first-order valence-electron chi connectivity index (χ1n) is 10.0.